The first-order valence-corrected chi connectivity index (χ1v) is 10.9. The first kappa shape index (κ1) is 22.2. The molecule has 0 unspecified atom stereocenters. The minimum atomic E-state index is -0.294. The SMILES string of the molecule is COc1ccccc1CCN1Cc2cc(NC(=O)NCc3ccccc3)ccc2OCC1=O. The molecule has 0 fully saturated rings. The van der Waals surface area contributed by atoms with Gasteiger partial charge in [-0.15, -0.1) is 0 Å². The lowest BCUT2D eigenvalue weighted by atomic mass is 10.1. The van der Waals surface area contributed by atoms with Crippen LogP contribution < -0.4 is 20.1 Å². The molecule has 3 amide bonds. The van der Waals surface area contributed by atoms with Crippen molar-refractivity contribution in [1.82, 2.24) is 10.2 Å². The lowest BCUT2D eigenvalue weighted by molar-refractivity contribution is -0.133. The van der Waals surface area contributed by atoms with E-state index in [0.29, 0.717) is 37.5 Å². The molecule has 1 aliphatic heterocycles. The zero-order chi connectivity index (χ0) is 23.0. The van der Waals surface area contributed by atoms with E-state index in [1.165, 1.54) is 0 Å². The van der Waals surface area contributed by atoms with Crippen molar-refractivity contribution in [2.75, 3.05) is 25.6 Å². The number of rotatable bonds is 7. The monoisotopic (exact) mass is 445 g/mol. The number of hydrogen-bond donors (Lipinski definition) is 2. The zero-order valence-electron chi connectivity index (χ0n) is 18.5. The lowest BCUT2D eigenvalue weighted by Gasteiger charge is -2.21. The molecule has 0 saturated carbocycles. The van der Waals surface area contributed by atoms with Gasteiger partial charge < -0.3 is 25.0 Å². The van der Waals surface area contributed by atoms with Gasteiger partial charge in [0.25, 0.3) is 5.91 Å². The lowest BCUT2D eigenvalue weighted by Crippen LogP contribution is -2.34. The van der Waals surface area contributed by atoms with Gasteiger partial charge in [0.15, 0.2) is 6.61 Å². The third-order valence-corrected chi connectivity index (χ3v) is 5.52. The summed E-state index contributed by atoms with van der Waals surface area (Å²) in [5.41, 5.74) is 3.56. The van der Waals surface area contributed by atoms with Gasteiger partial charge >= 0.3 is 6.03 Å². The first-order valence-electron chi connectivity index (χ1n) is 10.9. The third kappa shape index (κ3) is 5.83. The maximum absolute atomic E-state index is 12.6. The van der Waals surface area contributed by atoms with Crippen LogP contribution in [0.3, 0.4) is 0 Å². The van der Waals surface area contributed by atoms with E-state index in [1.54, 1.807) is 24.1 Å². The molecule has 1 aliphatic rings. The summed E-state index contributed by atoms with van der Waals surface area (Å²) in [7, 11) is 1.64. The average Bonchev–Trinajstić information content (AvgIpc) is 3.00. The summed E-state index contributed by atoms with van der Waals surface area (Å²) in [6, 6.07) is 22.6. The summed E-state index contributed by atoms with van der Waals surface area (Å²) in [6.45, 7) is 1.37. The molecule has 0 bridgehead atoms. The Bertz CT molecular complexity index is 1120. The van der Waals surface area contributed by atoms with Gasteiger partial charge in [0.2, 0.25) is 0 Å². The second kappa shape index (κ2) is 10.5. The van der Waals surface area contributed by atoms with E-state index < -0.39 is 0 Å². The van der Waals surface area contributed by atoms with Gasteiger partial charge in [0.05, 0.1) is 7.11 Å². The van der Waals surface area contributed by atoms with E-state index in [2.05, 4.69) is 10.6 Å². The first-order chi connectivity index (χ1) is 16.1. The highest BCUT2D eigenvalue weighted by Gasteiger charge is 2.22. The highest BCUT2D eigenvalue weighted by molar-refractivity contribution is 5.89. The molecule has 0 spiro atoms. The molecule has 1 heterocycles. The van der Waals surface area contributed by atoms with E-state index in [1.807, 2.05) is 60.7 Å². The van der Waals surface area contributed by atoms with Gasteiger partial charge in [-0.1, -0.05) is 48.5 Å². The third-order valence-electron chi connectivity index (χ3n) is 5.52. The van der Waals surface area contributed by atoms with E-state index in [9.17, 15) is 9.59 Å². The molecule has 170 valence electrons. The minimum absolute atomic E-state index is 0.0107. The fourth-order valence-electron chi connectivity index (χ4n) is 3.77. The zero-order valence-corrected chi connectivity index (χ0v) is 18.5. The summed E-state index contributed by atoms with van der Waals surface area (Å²) >= 11 is 0. The highest BCUT2D eigenvalue weighted by Crippen LogP contribution is 2.27. The Hall–Kier alpha value is -4.00. The Labute approximate surface area is 193 Å². The number of ether oxygens (including phenoxy) is 2. The number of urea groups is 1. The molecular formula is C26H27N3O4. The second-order valence-corrected chi connectivity index (χ2v) is 7.78. The van der Waals surface area contributed by atoms with Crippen LogP contribution in [0.2, 0.25) is 0 Å². The van der Waals surface area contributed by atoms with Crippen LogP contribution in [0.5, 0.6) is 11.5 Å². The Morgan fingerprint density at radius 1 is 1.06 bits per heavy atom. The van der Waals surface area contributed by atoms with E-state index >= 15 is 0 Å². The number of hydrogen-bond acceptors (Lipinski definition) is 4. The predicted molar refractivity (Wildman–Crippen MR) is 126 cm³/mol. The van der Waals surface area contributed by atoms with Gasteiger partial charge in [-0.25, -0.2) is 4.79 Å². The van der Waals surface area contributed by atoms with Crippen molar-refractivity contribution in [3.05, 3.63) is 89.5 Å². The summed E-state index contributed by atoms with van der Waals surface area (Å²) in [6.07, 6.45) is 0.672. The Balaban J connectivity index is 1.40. The number of nitrogens with zero attached hydrogens (tertiary/aromatic N) is 1. The number of benzene rings is 3. The largest absolute Gasteiger partial charge is 0.496 e. The van der Waals surface area contributed by atoms with Crippen LogP contribution in [0.4, 0.5) is 10.5 Å². The van der Waals surface area contributed by atoms with Crippen molar-refractivity contribution in [2.24, 2.45) is 0 Å². The van der Waals surface area contributed by atoms with Crippen LogP contribution in [0.15, 0.2) is 72.8 Å². The fourth-order valence-corrected chi connectivity index (χ4v) is 3.77. The van der Waals surface area contributed by atoms with Crippen LogP contribution in [0, 0.1) is 0 Å². The molecule has 7 heteroatoms. The topological polar surface area (TPSA) is 79.9 Å². The normalized spacial score (nSPS) is 12.9. The van der Waals surface area contributed by atoms with Gasteiger partial charge in [0, 0.05) is 30.9 Å². The van der Waals surface area contributed by atoms with Gasteiger partial charge in [-0.05, 0) is 41.8 Å². The van der Waals surface area contributed by atoms with E-state index in [0.717, 1.165) is 22.4 Å². The molecular weight excluding hydrogens is 418 g/mol. The molecule has 0 radical (unpaired) electrons. The van der Waals surface area contributed by atoms with Gasteiger partial charge in [-0.2, -0.15) is 0 Å². The van der Waals surface area contributed by atoms with E-state index in [4.69, 9.17) is 9.47 Å². The van der Waals surface area contributed by atoms with Crippen LogP contribution in [0.1, 0.15) is 16.7 Å². The van der Waals surface area contributed by atoms with Crippen LogP contribution in [0.25, 0.3) is 0 Å². The molecule has 0 atom stereocenters. The Morgan fingerprint density at radius 2 is 1.85 bits per heavy atom. The molecule has 3 aromatic rings. The maximum atomic E-state index is 12.6. The van der Waals surface area contributed by atoms with Crippen LogP contribution in [-0.2, 0) is 24.3 Å². The molecule has 4 rings (SSSR count). The second-order valence-electron chi connectivity index (χ2n) is 7.78. The highest BCUT2D eigenvalue weighted by atomic mass is 16.5. The summed E-state index contributed by atoms with van der Waals surface area (Å²) in [4.78, 5) is 26.7. The predicted octanol–water partition coefficient (Wildman–Crippen LogP) is 3.98. The number of carbonyl (C=O) groups excluding carboxylic acids is 2. The Morgan fingerprint density at radius 3 is 2.67 bits per heavy atom. The number of methoxy groups -OCH3 is 1. The molecule has 0 saturated heterocycles. The summed E-state index contributed by atoms with van der Waals surface area (Å²) < 4.78 is 11.1. The summed E-state index contributed by atoms with van der Waals surface area (Å²) in [5, 5.41) is 5.70. The van der Waals surface area contributed by atoms with Crippen molar-refractivity contribution in [3.63, 3.8) is 0 Å². The molecule has 3 aromatic carbocycles. The Kier molecular flexibility index (Phi) is 7.09. The fraction of sp³-hybridized carbons (Fsp3) is 0.231. The van der Waals surface area contributed by atoms with Crippen molar-refractivity contribution in [3.8, 4) is 11.5 Å². The smallest absolute Gasteiger partial charge is 0.319 e. The number of carbonyl (C=O) groups is 2. The summed E-state index contributed by atoms with van der Waals surface area (Å²) in [5.74, 6) is 1.39. The van der Waals surface area contributed by atoms with Crippen LogP contribution in [-0.4, -0.2) is 37.1 Å². The van der Waals surface area contributed by atoms with Gasteiger partial charge in [-0.3, -0.25) is 4.79 Å². The van der Waals surface area contributed by atoms with Crippen molar-refractivity contribution >= 4 is 17.6 Å². The number of nitrogens with one attached hydrogen (secondary N) is 2. The standard InChI is InChI=1S/C26H27N3O4/c1-32-23-10-6-5-9-20(23)13-14-29-17-21-15-22(11-12-24(21)33-18-25(29)30)28-26(31)27-16-19-7-3-2-4-8-19/h2-12,15H,13-14,16-18H2,1H3,(H2,27,28,31). The molecule has 2 N–H and O–H groups in total. The molecule has 7 nitrogen and oxygen atoms in total. The molecule has 33 heavy (non-hydrogen) atoms. The number of anilines is 1. The van der Waals surface area contributed by atoms with Gasteiger partial charge in [0.1, 0.15) is 11.5 Å². The molecule has 0 aliphatic carbocycles. The van der Waals surface area contributed by atoms with Crippen molar-refractivity contribution < 1.29 is 19.1 Å². The molecule has 0 aromatic heterocycles. The van der Waals surface area contributed by atoms with Crippen molar-refractivity contribution in [2.45, 2.75) is 19.5 Å². The maximum Gasteiger partial charge on any atom is 0.319 e. The number of para-hydroxylation sites is 1. The van der Waals surface area contributed by atoms with E-state index in [-0.39, 0.29) is 18.5 Å². The van der Waals surface area contributed by atoms with Crippen molar-refractivity contribution in [1.29, 1.82) is 0 Å². The van der Waals surface area contributed by atoms with Crippen LogP contribution >= 0.6 is 0 Å². The number of amides is 3. The quantitative estimate of drug-likeness (QED) is 0.577. The average molecular weight is 446 g/mol. The number of fused-ring (bicyclic) bond motifs is 1. The minimum Gasteiger partial charge on any atom is -0.496 e.